The summed E-state index contributed by atoms with van der Waals surface area (Å²) in [6.07, 6.45) is 5.47. The molecule has 0 atom stereocenters. The topological polar surface area (TPSA) is 41.1 Å². The molecule has 0 spiro atoms. The fraction of sp³-hybridized carbons (Fsp3) is 0.286. The molecule has 1 fully saturated rings. The van der Waals surface area contributed by atoms with Gasteiger partial charge in [-0.25, -0.2) is 0 Å². The predicted molar refractivity (Wildman–Crippen MR) is 72.6 cm³/mol. The quantitative estimate of drug-likeness (QED) is 0.864. The molecule has 3 heterocycles. The van der Waals surface area contributed by atoms with Crippen molar-refractivity contribution in [2.24, 2.45) is 0 Å². The van der Waals surface area contributed by atoms with E-state index in [-0.39, 0.29) is 0 Å². The number of hydrogen-bond acceptors (Lipinski definition) is 4. The third kappa shape index (κ3) is 2.19. The Bertz CT molecular complexity index is 506. The van der Waals surface area contributed by atoms with Gasteiger partial charge in [0.15, 0.2) is 0 Å². The molecular weight excluding hydrogens is 224 g/mol. The largest absolute Gasteiger partial charge is 0.367 e. The summed E-state index contributed by atoms with van der Waals surface area (Å²) < 4.78 is 0. The summed E-state index contributed by atoms with van der Waals surface area (Å²) in [4.78, 5) is 11.0. The SMILES string of the molecule is c1cnc(-c2ccncc2)c(N2CCNCC2)c1. The molecule has 0 unspecified atom stereocenters. The lowest BCUT2D eigenvalue weighted by Gasteiger charge is -2.30. The molecule has 1 N–H and O–H groups in total. The molecule has 0 aromatic carbocycles. The van der Waals surface area contributed by atoms with Crippen LogP contribution in [-0.4, -0.2) is 36.1 Å². The van der Waals surface area contributed by atoms with Crippen LogP contribution in [-0.2, 0) is 0 Å². The first-order valence-electron chi connectivity index (χ1n) is 6.26. The van der Waals surface area contributed by atoms with Crippen molar-refractivity contribution >= 4 is 5.69 Å². The minimum atomic E-state index is 1.03. The van der Waals surface area contributed by atoms with Crippen LogP contribution in [0.3, 0.4) is 0 Å². The number of pyridine rings is 2. The molecule has 0 aliphatic carbocycles. The maximum Gasteiger partial charge on any atom is 0.0936 e. The first-order valence-corrected chi connectivity index (χ1v) is 6.26. The van der Waals surface area contributed by atoms with Crippen LogP contribution in [0.15, 0.2) is 42.9 Å². The Morgan fingerprint density at radius 1 is 1.00 bits per heavy atom. The standard InChI is InChI=1S/C14H16N4/c1-2-13(18-10-8-16-9-11-18)14(17-5-1)12-3-6-15-7-4-12/h1-7,16H,8-11H2. The number of piperazine rings is 1. The van der Waals surface area contributed by atoms with E-state index in [1.165, 1.54) is 5.69 Å². The highest BCUT2D eigenvalue weighted by atomic mass is 15.2. The number of anilines is 1. The number of nitrogens with zero attached hydrogens (tertiary/aromatic N) is 3. The van der Waals surface area contributed by atoms with Crippen molar-refractivity contribution < 1.29 is 0 Å². The van der Waals surface area contributed by atoms with Gasteiger partial charge >= 0.3 is 0 Å². The van der Waals surface area contributed by atoms with Gasteiger partial charge in [-0.2, -0.15) is 0 Å². The van der Waals surface area contributed by atoms with Gasteiger partial charge in [0.2, 0.25) is 0 Å². The van der Waals surface area contributed by atoms with E-state index in [0.717, 1.165) is 37.4 Å². The maximum atomic E-state index is 4.53. The van der Waals surface area contributed by atoms with Crippen molar-refractivity contribution in [3.05, 3.63) is 42.9 Å². The second-order valence-corrected chi connectivity index (χ2v) is 4.34. The number of aromatic nitrogens is 2. The van der Waals surface area contributed by atoms with Gasteiger partial charge in [-0.05, 0) is 24.3 Å². The number of nitrogens with one attached hydrogen (secondary N) is 1. The summed E-state index contributed by atoms with van der Waals surface area (Å²) in [6, 6.07) is 8.16. The lowest BCUT2D eigenvalue weighted by Crippen LogP contribution is -2.43. The number of hydrogen-bond donors (Lipinski definition) is 1. The molecule has 4 nitrogen and oxygen atoms in total. The summed E-state index contributed by atoms with van der Waals surface area (Å²) in [5, 5.41) is 3.37. The van der Waals surface area contributed by atoms with Crippen molar-refractivity contribution in [2.45, 2.75) is 0 Å². The van der Waals surface area contributed by atoms with Gasteiger partial charge < -0.3 is 10.2 Å². The van der Waals surface area contributed by atoms with Crippen LogP contribution in [0.25, 0.3) is 11.3 Å². The fourth-order valence-electron chi connectivity index (χ4n) is 2.29. The van der Waals surface area contributed by atoms with Crippen LogP contribution in [0, 0.1) is 0 Å². The van der Waals surface area contributed by atoms with Crippen molar-refractivity contribution in [2.75, 3.05) is 31.1 Å². The van der Waals surface area contributed by atoms with E-state index in [1.807, 2.05) is 36.8 Å². The third-order valence-corrected chi connectivity index (χ3v) is 3.20. The monoisotopic (exact) mass is 240 g/mol. The minimum Gasteiger partial charge on any atom is -0.367 e. The van der Waals surface area contributed by atoms with Crippen molar-refractivity contribution in [3.8, 4) is 11.3 Å². The van der Waals surface area contributed by atoms with Crippen molar-refractivity contribution in [3.63, 3.8) is 0 Å². The van der Waals surface area contributed by atoms with Gasteiger partial charge in [0.25, 0.3) is 0 Å². The molecule has 1 aliphatic heterocycles. The lowest BCUT2D eigenvalue weighted by molar-refractivity contribution is 0.589. The van der Waals surface area contributed by atoms with E-state index in [9.17, 15) is 0 Å². The van der Waals surface area contributed by atoms with Crippen LogP contribution in [0.1, 0.15) is 0 Å². The summed E-state index contributed by atoms with van der Waals surface area (Å²) in [7, 11) is 0. The van der Waals surface area contributed by atoms with Crippen molar-refractivity contribution in [1.82, 2.24) is 15.3 Å². The van der Waals surface area contributed by atoms with E-state index in [0.29, 0.717) is 0 Å². The fourth-order valence-corrected chi connectivity index (χ4v) is 2.29. The van der Waals surface area contributed by atoms with Gasteiger partial charge in [-0.1, -0.05) is 0 Å². The zero-order valence-electron chi connectivity index (χ0n) is 10.2. The molecule has 18 heavy (non-hydrogen) atoms. The molecule has 2 aromatic heterocycles. The van der Waals surface area contributed by atoms with E-state index >= 15 is 0 Å². The third-order valence-electron chi connectivity index (χ3n) is 3.20. The predicted octanol–water partition coefficient (Wildman–Crippen LogP) is 1.55. The Morgan fingerprint density at radius 3 is 2.56 bits per heavy atom. The van der Waals surface area contributed by atoms with Crippen LogP contribution in [0.4, 0.5) is 5.69 Å². The average molecular weight is 240 g/mol. The molecule has 0 saturated carbocycles. The van der Waals surface area contributed by atoms with Crippen molar-refractivity contribution in [1.29, 1.82) is 0 Å². The normalized spacial score (nSPS) is 15.7. The Kier molecular flexibility index (Phi) is 3.19. The van der Waals surface area contributed by atoms with Gasteiger partial charge in [-0.15, -0.1) is 0 Å². The van der Waals surface area contributed by atoms with Crippen LogP contribution >= 0.6 is 0 Å². The summed E-state index contributed by atoms with van der Waals surface area (Å²) in [5.41, 5.74) is 3.38. The molecule has 1 saturated heterocycles. The van der Waals surface area contributed by atoms with Crippen LogP contribution in [0.2, 0.25) is 0 Å². The molecule has 92 valence electrons. The van der Waals surface area contributed by atoms with Gasteiger partial charge in [0.1, 0.15) is 0 Å². The molecule has 3 rings (SSSR count). The summed E-state index contributed by atoms with van der Waals surface area (Å²) in [6.45, 7) is 4.13. The minimum absolute atomic E-state index is 1.03. The second-order valence-electron chi connectivity index (χ2n) is 4.34. The Balaban J connectivity index is 1.99. The zero-order valence-corrected chi connectivity index (χ0v) is 10.2. The molecular formula is C14H16N4. The van der Waals surface area contributed by atoms with Gasteiger partial charge in [0.05, 0.1) is 11.4 Å². The lowest BCUT2D eigenvalue weighted by atomic mass is 10.1. The molecule has 2 aromatic rings. The van der Waals surface area contributed by atoms with Gasteiger partial charge in [-0.3, -0.25) is 9.97 Å². The highest BCUT2D eigenvalue weighted by Crippen LogP contribution is 2.28. The van der Waals surface area contributed by atoms with E-state index in [4.69, 9.17) is 0 Å². The zero-order chi connectivity index (χ0) is 12.2. The average Bonchev–Trinajstić information content (AvgIpc) is 2.49. The first kappa shape index (κ1) is 11.2. The highest BCUT2D eigenvalue weighted by molar-refractivity contribution is 5.74. The van der Waals surface area contributed by atoms with E-state index in [2.05, 4.69) is 26.3 Å². The van der Waals surface area contributed by atoms with E-state index < -0.39 is 0 Å². The molecule has 0 radical (unpaired) electrons. The molecule has 0 bridgehead atoms. The maximum absolute atomic E-state index is 4.53. The smallest absolute Gasteiger partial charge is 0.0936 e. The van der Waals surface area contributed by atoms with Crippen LogP contribution in [0.5, 0.6) is 0 Å². The second kappa shape index (κ2) is 5.14. The first-order chi connectivity index (χ1) is 8.95. The molecule has 4 heteroatoms. The molecule has 1 aliphatic rings. The van der Waals surface area contributed by atoms with Crippen LogP contribution < -0.4 is 10.2 Å². The Hall–Kier alpha value is -1.94. The summed E-state index contributed by atoms with van der Waals surface area (Å²) in [5.74, 6) is 0. The highest BCUT2D eigenvalue weighted by Gasteiger charge is 2.15. The molecule has 0 amide bonds. The Morgan fingerprint density at radius 2 is 1.78 bits per heavy atom. The number of rotatable bonds is 2. The van der Waals surface area contributed by atoms with Gasteiger partial charge in [0, 0.05) is 50.3 Å². The Labute approximate surface area is 107 Å². The summed E-state index contributed by atoms with van der Waals surface area (Å²) >= 11 is 0. The van der Waals surface area contributed by atoms with E-state index in [1.54, 1.807) is 0 Å².